The summed E-state index contributed by atoms with van der Waals surface area (Å²) in [5.74, 6) is -0.348. The van der Waals surface area contributed by atoms with Crippen molar-refractivity contribution in [1.82, 2.24) is 5.32 Å². The van der Waals surface area contributed by atoms with Gasteiger partial charge in [-0.15, -0.1) is 0 Å². The lowest BCUT2D eigenvalue weighted by atomic mass is 9.95. The first-order valence-electron chi connectivity index (χ1n) is 7.59. The van der Waals surface area contributed by atoms with E-state index in [9.17, 15) is 4.39 Å². The maximum atomic E-state index is 13.4. The van der Waals surface area contributed by atoms with E-state index in [-0.39, 0.29) is 16.9 Å². The smallest absolute Gasteiger partial charge is 0.141 e. The van der Waals surface area contributed by atoms with Crippen LogP contribution in [0, 0.1) is 5.82 Å². The molecule has 0 bridgehead atoms. The Morgan fingerprint density at radius 3 is 2.90 bits per heavy atom. The molecule has 0 aromatic heterocycles. The molecule has 1 unspecified atom stereocenters. The van der Waals surface area contributed by atoms with E-state index in [4.69, 9.17) is 11.6 Å². The fourth-order valence-electron chi connectivity index (χ4n) is 2.75. The number of rotatable bonds is 5. The first-order chi connectivity index (χ1) is 9.72. The third-order valence-corrected chi connectivity index (χ3v) is 4.11. The predicted octanol–water partition coefficient (Wildman–Crippen LogP) is 5.41. The fraction of sp³-hybridized carbons (Fsp3) is 0.529. The van der Waals surface area contributed by atoms with E-state index < -0.39 is 0 Å². The Bertz CT molecular complexity index is 470. The Morgan fingerprint density at radius 1 is 1.30 bits per heavy atom. The molecule has 0 heterocycles. The standard InChI is InChI=1S/C17H23ClFN/c1-2-11-20-17(13-7-5-3-4-6-8-13)14-9-10-16(19)15(18)12-14/h7,9-10,12,17,20H,2-6,8,11H2,1H3. The van der Waals surface area contributed by atoms with Crippen molar-refractivity contribution in [3.63, 3.8) is 0 Å². The predicted molar refractivity (Wildman–Crippen MR) is 83.6 cm³/mol. The molecule has 1 aromatic carbocycles. The molecule has 0 spiro atoms. The number of benzene rings is 1. The highest BCUT2D eigenvalue weighted by Crippen LogP contribution is 2.31. The lowest BCUT2D eigenvalue weighted by molar-refractivity contribution is 0.564. The topological polar surface area (TPSA) is 12.0 Å². The van der Waals surface area contributed by atoms with Crippen molar-refractivity contribution in [3.8, 4) is 0 Å². The zero-order chi connectivity index (χ0) is 14.4. The Kier molecular flexibility index (Phi) is 6.06. The minimum atomic E-state index is -0.348. The Hall–Kier alpha value is -0.860. The van der Waals surface area contributed by atoms with Crippen LogP contribution in [-0.4, -0.2) is 6.54 Å². The molecule has 0 radical (unpaired) electrons. The van der Waals surface area contributed by atoms with Crippen LogP contribution in [-0.2, 0) is 0 Å². The third-order valence-electron chi connectivity index (χ3n) is 3.82. The molecule has 1 atom stereocenters. The van der Waals surface area contributed by atoms with Crippen LogP contribution in [0.3, 0.4) is 0 Å². The minimum absolute atomic E-state index is 0.172. The summed E-state index contributed by atoms with van der Waals surface area (Å²) in [4.78, 5) is 0. The maximum Gasteiger partial charge on any atom is 0.141 e. The van der Waals surface area contributed by atoms with Crippen molar-refractivity contribution in [1.29, 1.82) is 0 Å². The summed E-state index contributed by atoms with van der Waals surface area (Å²) in [5, 5.41) is 3.79. The van der Waals surface area contributed by atoms with Gasteiger partial charge in [0.1, 0.15) is 5.82 Å². The summed E-state index contributed by atoms with van der Waals surface area (Å²) in [7, 11) is 0. The van der Waals surface area contributed by atoms with E-state index in [1.807, 2.05) is 6.07 Å². The molecule has 1 N–H and O–H groups in total. The van der Waals surface area contributed by atoms with Crippen molar-refractivity contribution >= 4 is 11.6 Å². The van der Waals surface area contributed by atoms with Crippen molar-refractivity contribution < 1.29 is 4.39 Å². The molecule has 0 saturated carbocycles. The molecule has 2 rings (SSSR count). The second-order valence-corrected chi connectivity index (χ2v) is 5.85. The molecule has 1 aliphatic carbocycles. The van der Waals surface area contributed by atoms with Crippen LogP contribution in [0.4, 0.5) is 4.39 Å². The Labute approximate surface area is 126 Å². The Balaban J connectivity index is 2.25. The van der Waals surface area contributed by atoms with E-state index in [1.165, 1.54) is 30.9 Å². The van der Waals surface area contributed by atoms with Gasteiger partial charge >= 0.3 is 0 Å². The van der Waals surface area contributed by atoms with Gasteiger partial charge in [-0.3, -0.25) is 0 Å². The quantitative estimate of drug-likeness (QED) is 0.716. The van der Waals surface area contributed by atoms with Gasteiger partial charge in [0.2, 0.25) is 0 Å². The zero-order valence-corrected chi connectivity index (χ0v) is 12.8. The largest absolute Gasteiger partial charge is 0.307 e. The molecule has 0 amide bonds. The number of nitrogens with one attached hydrogen (secondary N) is 1. The van der Waals surface area contributed by atoms with Gasteiger partial charge in [0.05, 0.1) is 11.1 Å². The molecule has 0 saturated heterocycles. The van der Waals surface area contributed by atoms with Gasteiger partial charge in [0, 0.05) is 0 Å². The first-order valence-corrected chi connectivity index (χ1v) is 7.97. The third kappa shape index (κ3) is 4.07. The van der Waals surface area contributed by atoms with E-state index in [2.05, 4.69) is 18.3 Å². The van der Waals surface area contributed by atoms with Gasteiger partial charge in [-0.1, -0.05) is 42.7 Å². The number of halogens is 2. The summed E-state index contributed by atoms with van der Waals surface area (Å²) < 4.78 is 13.4. The van der Waals surface area contributed by atoms with Crippen molar-refractivity contribution in [3.05, 3.63) is 46.3 Å². The molecule has 110 valence electrons. The van der Waals surface area contributed by atoms with Gasteiger partial charge in [0.15, 0.2) is 0 Å². The SMILES string of the molecule is CCCNC(C1=CCCCCC1)c1ccc(F)c(Cl)c1. The van der Waals surface area contributed by atoms with Crippen LogP contribution >= 0.6 is 11.6 Å². The van der Waals surface area contributed by atoms with Crippen molar-refractivity contribution in [2.24, 2.45) is 0 Å². The number of hydrogen-bond acceptors (Lipinski definition) is 1. The second kappa shape index (κ2) is 7.80. The highest BCUT2D eigenvalue weighted by molar-refractivity contribution is 6.30. The summed E-state index contributed by atoms with van der Waals surface area (Å²) in [5.41, 5.74) is 2.50. The molecule has 3 heteroatoms. The summed E-state index contributed by atoms with van der Waals surface area (Å²) in [6.07, 6.45) is 9.52. The molecule has 1 aromatic rings. The van der Waals surface area contributed by atoms with Gasteiger partial charge in [0.25, 0.3) is 0 Å². The lowest BCUT2D eigenvalue weighted by Gasteiger charge is -2.22. The van der Waals surface area contributed by atoms with Crippen LogP contribution in [0.5, 0.6) is 0 Å². The van der Waals surface area contributed by atoms with E-state index in [0.717, 1.165) is 31.4 Å². The monoisotopic (exact) mass is 295 g/mol. The normalized spacial score (nSPS) is 17.4. The van der Waals surface area contributed by atoms with Gasteiger partial charge in [-0.25, -0.2) is 4.39 Å². The van der Waals surface area contributed by atoms with Gasteiger partial charge in [-0.2, -0.15) is 0 Å². The van der Waals surface area contributed by atoms with Gasteiger partial charge in [-0.05, 0) is 56.3 Å². The van der Waals surface area contributed by atoms with E-state index in [0.29, 0.717) is 0 Å². The van der Waals surface area contributed by atoms with Crippen LogP contribution in [0.2, 0.25) is 5.02 Å². The molecule has 20 heavy (non-hydrogen) atoms. The molecule has 0 fully saturated rings. The lowest BCUT2D eigenvalue weighted by Crippen LogP contribution is -2.24. The van der Waals surface area contributed by atoms with Crippen molar-refractivity contribution in [2.75, 3.05) is 6.54 Å². The van der Waals surface area contributed by atoms with Gasteiger partial charge < -0.3 is 5.32 Å². The zero-order valence-electron chi connectivity index (χ0n) is 12.1. The molecular formula is C17H23ClFN. The van der Waals surface area contributed by atoms with E-state index >= 15 is 0 Å². The minimum Gasteiger partial charge on any atom is -0.307 e. The molecular weight excluding hydrogens is 273 g/mol. The number of allylic oxidation sites excluding steroid dienone is 1. The Morgan fingerprint density at radius 2 is 2.15 bits per heavy atom. The average molecular weight is 296 g/mol. The number of hydrogen-bond donors (Lipinski definition) is 1. The molecule has 1 aliphatic rings. The van der Waals surface area contributed by atoms with E-state index in [1.54, 1.807) is 6.07 Å². The summed E-state index contributed by atoms with van der Waals surface area (Å²) in [6, 6.07) is 5.25. The van der Waals surface area contributed by atoms with Crippen LogP contribution in [0.15, 0.2) is 29.8 Å². The molecule has 0 aliphatic heterocycles. The first kappa shape index (κ1) is 15.5. The highest BCUT2D eigenvalue weighted by Gasteiger charge is 2.18. The fourth-order valence-corrected chi connectivity index (χ4v) is 2.93. The summed E-state index contributed by atoms with van der Waals surface area (Å²) >= 11 is 5.94. The van der Waals surface area contributed by atoms with Crippen LogP contribution < -0.4 is 5.32 Å². The van der Waals surface area contributed by atoms with Crippen LogP contribution in [0.25, 0.3) is 0 Å². The van der Waals surface area contributed by atoms with Crippen LogP contribution in [0.1, 0.15) is 57.1 Å². The second-order valence-electron chi connectivity index (χ2n) is 5.44. The summed E-state index contributed by atoms with van der Waals surface area (Å²) in [6.45, 7) is 3.11. The maximum absolute atomic E-state index is 13.4. The van der Waals surface area contributed by atoms with Crippen molar-refractivity contribution in [2.45, 2.75) is 51.5 Å². The average Bonchev–Trinajstić information content (AvgIpc) is 2.72. The molecule has 1 nitrogen and oxygen atoms in total. The highest BCUT2D eigenvalue weighted by atomic mass is 35.5.